The van der Waals surface area contributed by atoms with Gasteiger partial charge in [-0.1, -0.05) is 18.2 Å². The van der Waals surface area contributed by atoms with E-state index < -0.39 is 0 Å². The molecule has 1 heterocycles. The van der Waals surface area contributed by atoms with Gasteiger partial charge in [-0.2, -0.15) is 0 Å². The van der Waals surface area contributed by atoms with E-state index in [2.05, 4.69) is 27.5 Å². The molecule has 1 aromatic carbocycles. The Hall–Kier alpha value is -2.04. The Labute approximate surface area is 118 Å². The van der Waals surface area contributed by atoms with E-state index >= 15 is 0 Å². The van der Waals surface area contributed by atoms with Crippen LogP contribution < -0.4 is 10.6 Å². The smallest absolute Gasteiger partial charge is 0.306 e. The number of methoxy groups -OCH3 is 1. The molecule has 0 radical (unpaired) electrons. The molecule has 0 spiro atoms. The van der Waals surface area contributed by atoms with Crippen LogP contribution in [0.3, 0.4) is 0 Å². The highest BCUT2D eigenvalue weighted by Gasteiger charge is 2.21. The summed E-state index contributed by atoms with van der Waals surface area (Å²) in [5.41, 5.74) is 2.51. The number of carbonyl (C=O) groups is 2. The summed E-state index contributed by atoms with van der Waals surface area (Å²) in [6.45, 7) is 1.54. The highest BCUT2D eigenvalue weighted by molar-refractivity contribution is 5.81. The molecule has 108 valence electrons. The summed E-state index contributed by atoms with van der Waals surface area (Å²) in [5, 5.41) is 6.21. The Morgan fingerprint density at radius 3 is 2.95 bits per heavy atom. The highest BCUT2D eigenvalue weighted by atomic mass is 16.5. The van der Waals surface area contributed by atoms with Crippen LogP contribution in [0, 0.1) is 0 Å². The van der Waals surface area contributed by atoms with Crippen LogP contribution in [0.5, 0.6) is 0 Å². The van der Waals surface area contributed by atoms with Gasteiger partial charge in [-0.25, -0.2) is 0 Å². The number of hydrogen-bond acceptors (Lipinski definition) is 4. The van der Waals surface area contributed by atoms with Crippen molar-refractivity contribution in [1.29, 1.82) is 0 Å². The van der Waals surface area contributed by atoms with Gasteiger partial charge in [0.2, 0.25) is 5.91 Å². The van der Waals surface area contributed by atoms with Crippen LogP contribution in [-0.4, -0.2) is 32.1 Å². The van der Waals surface area contributed by atoms with E-state index in [1.807, 2.05) is 12.1 Å². The largest absolute Gasteiger partial charge is 0.469 e. The lowest BCUT2D eigenvalue weighted by atomic mass is 9.98. The molecule has 1 aliphatic heterocycles. The van der Waals surface area contributed by atoms with Crippen LogP contribution in [0.2, 0.25) is 0 Å². The average molecular weight is 276 g/mol. The lowest BCUT2D eigenvalue weighted by Gasteiger charge is -2.10. The third-order valence-electron chi connectivity index (χ3n) is 3.54. The monoisotopic (exact) mass is 276 g/mol. The van der Waals surface area contributed by atoms with E-state index in [4.69, 9.17) is 0 Å². The van der Waals surface area contributed by atoms with Crippen LogP contribution in [0.1, 0.15) is 30.7 Å². The SMILES string of the molecule is COC(=O)CCC(=O)NCCC1CNc2ccccc21. The van der Waals surface area contributed by atoms with E-state index in [9.17, 15) is 9.59 Å². The Bertz CT molecular complexity index is 488. The van der Waals surface area contributed by atoms with Crippen molar-refractivity contribution in [2.75, 3.05) is 25.5 Å². The zero-order chi connectivity index (χ0) is 14.4. The quantitative estimate of drug-likeness (QED) is 0.775. The topological polar surface area (TPSA) is 67.4 Å². The number of rotatable bonds is 6. The number of benzene rings is 1. The van der Waals surface area contributed by atoms with Gasteiger partial charge in [0, 0.05) is 31.1 Å². The summed E-state index contributed by atoms with van der Waals surface area (Å²) in [4.78, 5) is 22.5. The van der Waals surface area contributed by atoms with E-state index in [1.54, 1.807) is 0 Å². The Kier molecular flexibility index (Phi) is 4.98. The fraction of sp³-hybridized carbons (Fsp3) is 0.467. The Morgan fingerprint density at radius 1 is 1.35 bits per heavy atom. The maximum atomic E-state index is 11.5. The van der Waals surface area contributed by atoms with Crippen molar-refractivity contribution in [3.63, 3.8) is 0 Å². The van der Waals surface area contributed by atoms with Gasteiger partial charge in [-0.3, -0.25) is 9.59 Å². The highest BCUT2D eigenvalue weighted by Crippen LogP contribution is 2.32. The zero-order valence-corrected chi connectivity index (χ0v) is 11.6. The van der Waals surface area contributed by atoms with Gasteiger partial charge in [0.1, 0.15) is 0 Å². The van der Waals surface area contributed by atoms with Crippen molar-refractivity contribution in [2.24, 2.45) is 0 Å². The minimum atomic E-state index is -0.353. The molecule has 0 fully saturated rings. The van der Waals surface area contributed by atoms with Gasteiger partial charge in [0.25, 0.3) is 0 Å². The molecular formula is C15H20N2O3. The summed E-state index contributed by atoms with van der Waals surface area (Å²) < 4.78 is 4.50. The van der Waals surface area contributed by atoms with E-state index in [0.29, 0.717) is 12.5 Å². The lowest BCUT2D eigenvalue weighted by molar-refractivity contribution is -0.142. The van der Waals surface area contributed by atoms with E-state index in [-0.39, 0.29) is 24.7 Å². The van der Waals surface area contributed by atoms with Crippen LogP contribution in [0.4, 0.5) is 5.69 Å². The van der Waals surface area contributed by atoms with Crippen molar-refractivity contribution in [3.05, 3.63) is 29.8 Å². The molecule has 1 aliphatic rings. The molecule has 2 rings (SSSR count). The van der Waals surface area contributed by atoms with Crippen molar-refractivity contribution in [3.8, 4) is 0 Å². The Morgan fingerprint density at radius 2 is 2.15 bits per heavy atom. The number of esters is 1. The van der Waals surface area contributed by atoms with Gasteiger partial charge in [-0.05, 0) is 18.1 Å². The number of para-hydroxylation sites is 1. The second-order valence-electron chi connectivity index (χ2n) is 4.88. The van der Waals surface area contributed by atoms with E-state index in [0.717, 1.165) is 13.0 Å². The van der Waals surface area contributed by atoms with Gasteiger partial charge >= 0.3 is 5.97 Å². The van der Waals surface area contributed by atoms with Crippen molar-refractivity contribution in [2.45, 2.75) is 25.2 Å². The minimum Gasteiger partial charge on any atom is -0.469 e. The lowest BCUT2D eigenvalue weighted by Crippen LogP contribution is -2.26. The molecule has 1 atom stereocenters. The van der Waals surface area contributed by atoms with Crippen molar-refractivity contribution < 1.29 is 14.3 Å². The van der Waals surface area contributed by atoms with Gasteiger partial charge < -0.3 is 15.4 Å². The van der Waals surface area contributed by atoms with Crippen molar-refractivity contribution in [1.82, 2.24) is 5.32 Å². The number of anilines is 1. The molecule has 20 heavy (non-hydrogen) atoms. The molecule has 1 unspecified atom stereocenters. The molecule has 0 aromatic heterocycles. The summed E-state index contributed by atoms with van der Waals surface area (Å²) >= 11 is 0. The summed E-state index contributed by atoms with van der Waals surface area (Å²) in [7, 11) is 1.32. The zero-order valence-electron chi connectivity index (χ0n) is 11.6. The van der Waals surface area contributed by atoms with Crippen LogP contribution in [0.15, 0.2) is 24.3 Å². The molecular weight excluding hydrogens is 256 g/mol. The number of nitrogens with one attached hydrogen (secondary N) is 2. The van der Waals surface area contributed by atoms with E-state index in [1.165, 1.54) is 18.4 Å². The predicted molar refractivity (Wildman–Crippen MR) is 76.5 cm³/mol. The minimum absolute atomic E-state index is 0.102. The summed E-state index contributed by atoms with van der Waals surface area (Å²) in [6.07, 6.45) is 1.22. The standard InChI is InChI=1S/C15H20N2O3/c1-20-15(19)7-6-14(18)16-9-8-11-10-17-13-5-3-2-4-12(11)13/h2-5,11,17H,6-10H2,1H3,(H,16,18). The van der Waals surface area contributed by atoms with Crippen molar-refractivity contribution >= 4 is 17.6 Å². The normalized spacial score (nSPS) is 16.1. The maximum Gasteiger partial charge on any atom is 0.306 e. The maximum absolute atomic E-state index is 11.5. The third kappa shape index (κ3) is 3.73. The molecule has 2 N–H and O–H groups in total. The molecule has 0 saturated heterocycles. The summed E-state index contributed by atoms with van der Waals surface area (Å²) in [6, 6.07) is 8.25. The molecule has 1 aromatic rings. The number of carbonyl (C=O) groups excluding carboxylic acids is 2. The van der Waals surface area contributed by atoms with Crippen LogP contribution in [0.25, 0.3) is 0 Å². The first-order chi connectivity index (χ1) is 9.70. The molecule has 5 heteroatoms. The number of ether oxygens (including phenoxy) is 1. The Balaban J connectivity index is 1.69. The molecule has 5 nitrogen and oxygen atoms in total. The predicted octanol–water partition coefficient (Wildman–Crippen LogP) is 1.66. The van der Waals surface area contributed by atoms with Gasteiger partial charge in [0.05, 0.1) is 13.5 Å². The second-order valence-corrected chi connectivity index (χ2v) is 4.88. The van der Waals surface area contributed by atoms with Gasteiger partial charge in [-0.15, -0.1) is 0 Å². The fourth-order valence-electron chi connectivity index (χ4n) is 2.41. The summed E-state index contributed by atoms with van der Waals surface area (Å²) in [5.74, 6) is -0.0178. The molecule has 0 bridgehead atoms. The second kappa shape index (κ2) is 6.93. The first kappa shape index (κ1) is 14.4. The molecule has 1 amide bonds. The average Bonchev–Trinajstić information content (AvgIpc) is 2.88. The third-order valence-corrected chi connectivity index (χ3v) is 3.54. The number of hydrogen-bond donors (Lipinski definition) is 2. The first-order valence-electron chi connectivity index (χ1n) is 6.87. The number of fused-ring (bicyclic) bond motifs is 1. The first-order valence-corrected chi connectivity index (χ1v) is 6.87. The number of amides is 1. The van der Waals surface area contributed by atoms with Crippen LogP contribution >= 0.6 is 0 Å². The fourth-order valence-corrected chi connectivity index (χ4v) is 2.41. The van der Waals surface area contributed by atoms with Crippen LogP contribution in [-0.2, 0) is 14.3 Å². The van der Waals surface area contributed by atoms with Gasteiger partial charge in [0.15, 0.2) is 0 Å². The molecule has 0 aliphatic carbocycles. The molecule has 0 saturated carbocycles.